The summed E-state index contributed by atoms with van der Waals surface area (Å²) >= 11 is 0. The van der Waals surface area contributed by atoms with Gasteiger partial charge in [0.1, 0.15) is 6.17 Å². The van der Waals surface area contributed by atoms with Crippen LogP contribution in [0.1, 0.15) is 66.3 Å². The van der Waals surface area contributed by atoms with E-state index >= 15 is 0 Å². The third-order valence-electron chi connectivity index (χ3n) is 7.09. The van der Waals surface area contributed by atoms with Gasteiger partial charge in [-0.25, -0.2) is 14.4 Å². The molecule has 0 spiro atoms. The van der Waals surface area contributed by atoms with Gasteiger partial charge in [-0.2, -0.15) is 10.1 Å². The fourth-order valence-corrected chi connectivity index (χ4v) is 4.66. The third-order valence-corrected chi connectivity index (χ3v) is 7.09. The first-order chi connectivity index (χ1) is 17.9. The van der Waals surface area contributed by atoms with Gasteiger partial charge in [0, 0.05) is 36.8 Å². The molecule has 1 amide bonds. The highest BCUT2D eigenvalue weighted by Crippen LogP contribution is 2.46. The highest BCUT2D eigenvalue weighted by atomic mass is 19.1. The van der Waals surface area contributed by atoms with E-state index in [1.54, 1.807) is 17.1 Å². The Balaban J connectivity index is 1.24. The second-order valence-electron chi connectivity index (χ2n) is 10.1. The van der Waals surface area contributed by atoms with Crippen LogP contribution < -0.4 is 10.6 Å². The second kappa shape index (κ2) is 9.06. The van der Waals surface area contributed by atoms with E-state index in [1.165, 1.54) is 0 Å². The molecule has 1 saturated carbocycles. The van der Waals surface area contributed by atoms with Crippen molar-refractivity contribution in [3.05, 3.63) is 65.7 Å². The summed E-state index contributed by atoms with van der Waals surface area (Å²) in [4.78, 5) is 26.2. The fraction of sp³-hybridized carbons (Fsp3) is 0.385. The number of fused-ring (bicyclic) bond motifs is 1. The molecule has 37 heavy (non-hydrogen) atoms. The minimum atomic E-state index is -1.00. The average molecular weight is 503 g/mol. The van der Waals surface area contributed by atoms with E-state index in [4.69, 9.17) is 4.52 Å². The van der Waals surface area contributed by atoms with Gasteiger partial charge in [0.25, 0.3) is 11.7 Å². The van der Waals surface area contributed by atoms with E-state index in [9.17, 15) is 9.18 Å². The molecule has 2 aliphatic rings. The number of rotatable bonds is 6. The number of aryl methyl sites for hydroxylation is 1. The van der Waals surface area contributed by atoms with Crippen molar-refractivity contribution in [2.75, 3.05) is 5.32 Å². The Hall–Kier alpha value is -4.15. The SMILES string of the molecule is Cn1cc(Nc2nccc(-c3ccc4c(c3)C[C@@H](F)CC[C@@H]4NC(=O)c3noc(C4(C)CC4)n3)n2)cn1. The molecular weight excluding hydrogens is 475 g/mol. The molecule has 2 N–H and O–H groups in total. The highest BCUT2D eigenvalue weighted by Gasteiger charge is 2.45. The van der Waals surface area contributed by atoms with Gasteiger partial charge in [-0.15, -0.1) is 0 Å². The number of benzene rings is 1. The standard InChI is InChI=1S/C26H27FN8O2/c1-26(8-9-26)24-33-22(34-37-24)23(36)31-21-6-4-17(27)12-16-11-15(3-5-19(16)21)20-7-10-28-25(32-20)30-18-13-29-35(2)14-18/h3,5,7,10-11,13-14,17,21H,4,6,8-9,12H2,1-2H3,(H,31,36)(H,28,30,32)/t17-,21-/m0/s1. The maximum atomic E-state index is 14.7. The first kappa shape index (κ1) is 23.3. The van der Waals surface area contributed by atoms with Gasteiger partial charge in [-0.05, 0) is 48.9 Å². The van der Waals surface area contributed by atoms with Crippen LogP contribution in [0.4, 0.5) is 16.0 Å². The van der Waals surface area contributed by atoms with Crippen LogP contribution in [0.3, 0.4) is 0 Å². The molecule has 4 aromatic rings. The Kier molecular flexibility index (Phi) is 5.69. The first-order valence-corrected chi connectivity index (χ1v) is 12.4. The van der Waals surface area contributed by atoms with Crippen LogP contribution in [-0.4, -0.2) is 42.0 Å². The fourth-order valence-electron chi connectivity index (χ4n) is 4.66. The van der Waals surface area contributed by atoms with Crippen LogP contribution >= 0.6 is 0 Å². The molecule has 11 heteroatoms. The maximum absolute atomic E-state index is 14.7. The van der Waals surface area contributed by atoms with E-state index in [-0.39, 0.29) is 23.7 Å². The average Bonchev–Trinajstić information content (AvgIpc) is 3.28. The molecule has 190 valence electrons. The van der Waals surface area contributed by atoms with Gasteiger partial charge in [0.2, 0.25) is 11.8 Å². The normalized spacial score (nSPS) is 20.1. The number of halogens is 1. The lowest BCUT2D eigenvalue weighted by Gasteiger charge is -2.19. The number of carbonyl (C=O) groups excluding carboxylic acids is 1. The van der Waals surface area contributed by atoms with E-state index in [2.05, 4.69) is 35.8 Å². The molecule has 2 atom stereocenters. The molecule has 2 aliphatic carbocycles. The number of nitrogens with one attached hydrogen (secondary N) is 2. The monoisotopic (exact) mass is 502 g/mol. The predicted molar refractivity (Wildman–Crippen MR) is 133 cm³/mol. The largest absolute Gasteiger partial charge is 0.342 e. The van der Waals surface area contributed by atoms with Crippen LogP contribution in [0, 0.1) is 0 Å². The van der Waals surface area contributed by atoms with Crippen LogP contribution in [0.15, 0.2) is 47.4 Å². The van der Waals surface area contributed by atoms with E-state index in [0.29, 0.717) is 30.4 Å². The number of amides is 1. The zero-order valence-electron chi connectivity index (χ0n) is 20.6. The number of hydrogen-bond acceptors (Lipinski definition) is 8. The highest BCUT2D eigenvalue weighted by molar-refractivity contribution is 5.90. The van der Waals surface area contributed by atoms with E-state index < -0.39 is 12.1 Å². The van der Waals surface area contributed by atoms with E-state index in [0.717, 1.165) is 35.2 Å². The van der Waals surface area contributed by atoms with Crippen molar-refractivity contribution in [2.45, 2.75) is 56.7 Å². The Bertz CT molecular complexity index is 1460. The Morgan fingerprint density at radius 3 is 2.86 bits per heavy atom. The van der Waals surface area contributed by atoms with Crippen molar-refractivity contribution in [1.82, 2.24) is 35.2 Å². The molecule has 0 saturated heterocycles. The number of alkyl halides is 1. The second-order valence-corrected chi connectivity index (χ2v) is 10.1. The lowest BCUT2D eigenvalue weighted by molar-refractivity contribution is 0.0919. The topological polar surface area (TPSA) is 124 Å². The van der Waals surface area contributed by atoms with Crippen LogP contribution in [0.2, 0.25) is 0 Å². The van der Waals surface area contributed by atoms with Crippen molar-refractivity contribution in [2.24, 2.45) is 7.05 Å². The molecule has 0 radical (unpaired) electrons. The Morgan fingerprint density at radius 1 is 1.22 bits per heavy atom. The van der Waals surface area contributed by atoms with Gasteiger partial charge < -0.3 is 15.2 Å². The number of carbonyl (C=O) groups is 1. The van der Waals surface area contributed by atoms with E-state index in [1.807, 2.05) is 44.4 Å². The number of aromatic nitrogens is 6. The smallest absolute Gasteiger partial charge is 0.293 e. The molecule has 6 rings (SSSR count). The summed E-state index contributed by atoms with van der Waals surface area (Å²) in [6, 6.07) is 7.28. The lowest BCUT2D eigenvalue weighted by Crippen LogP contribution is -2.29. The summed E-state index contributed by atoms with van der Waals surface area (Å²) in [6.45, 7) is 2.04. The summed E-state index contributed by atoms with van der Waals surface area (Å²) in [6.07, 6.45) is 7.23. The summed E-state index contributed by atoms with van der Waals surface area (Å²) < 4.78 is 21.8. The Labute approximate surface area is 212 Å². The molecule has 10 nitrogen and oxygen atoms in total. The molecule has 3 heterocycles. The number of anilines is 2. The van der Waals surface area contributed by atoms with Crippen molar-refractivity contribution < 1.29 is 13.7 Å². The Morgan fingerprint density at radius 2 is 2.08 bits per heavy atom. The molecular formula is C26H27FN8O2. The zero-order chi connectivity index (χ0) is 25.6. The van der Waals surface area contributed by atoms with Crippen molar-refractivity contribution in [3.8, 4) is 11.3 Å². The van der Waals surface area contributed by atoms with Gasteiger partial charge in [-0.1, -0.05) is 24.2 Å². The number of hydrogen-bond donors (Lipinski definition) is 2. The van der Waals surface area contributed by atoms with Crippen LogP contribution in [0.5, 0.6) is 0 Å². The van der Waals surface area contributed by atoms with Crippen molar-refractivity contribution in [1.29, 1.82) is 0 Å². The first-order valence-electron chi connectivity index (χ1n) is 12.4. The number of nitrogens with zero attached hydrogens (tertiary/aromatic N) is 6. The summed E-state index contributed by atoms with van der Waals surface area (Å²) in [5.41, 5.74) is 3.94. The summed E-state index contributed by atoms with van der Waals surface area (Å²) in [7, 11) is 1.83. The predicted octanol–water partition coefficient (Wildman–Crippen LogP) is 4.20. The summed E-state index contributed by atoms with van der Waals surface area (Å²) in [5, 5.41) is 14.2. The van der Waals surface area contributed by atoms with Crippen molar-refractivity contribution in [3.63, 3.8) is 0 Å². The van der Waals surface area contributed by atoms with Crippen LogP contribution in [-0.2, 0) is 18.9 Å². The molecule has 0 aliphatic heterocycles. The van der Waals surface area contributed by atoms with Crippen LogP contribution in [0.25, 0.3) is 11.3 Å². The zero-order valence-corrected chi connectivity index (χ0v) is 20.6. The molecule has 3 aromatic heterocycles. The summed E-state index contributed by atoms with van der Waals surface area (Å²) in [5.74, 6) is 0.526. The third kappa shape index (κ3) is 4.81. The minimum Gasteiger partial charge on any atom is -0.342 e. The van der Waals surface area contributed by atoms with Gasteiger partial charge >= 0.3 is 0 Å². The van der Waals surface area contributed by atoms with Gasteiger partial charge in [0.05, 0.1) is 23.6 Å². The van der Waals surface area contributed by atoms with Gasteiger partial charge in [-0.3, -0.25) is 9.48 Å². The lowest BCUT2D eigenvalue weighted by atomic mass is 9.95. The maximum Gasteiger partial charge on any atom is 0.293 e. The molecule has 0 bridgehead atoms. The minimum absolute atomic E-state index is 0.0111. The molecule has 0 unspecified atom stereocenters. The van der Waals surface area contributed by atoms with Crippen molar-refractivity contribution >= 4 is 17.5 Å². The quantitative estimate of drug-likeness (QED) is 0.376. The molecule has 1 fully saturated rings. The molecule has 1 aromatic carbocycles. The van der Waals surface area contributed by atoms with Gasteiger partial charge in [0.15, 0.2) is 0 Å².